The van der Waals surface area contributed by atoms with Crippen LogP contribution >= 0.6 is 0 Å². The molecule has 1 aromatic rings. The molecule has 2 rings (SSSR count). The number of carbonyl (C=O) groups excluding carboxylic acids is 2. The number of hydrogen-bond acceptors (Lipinski definition) is 4. The van der Waals surface area contributed by atoms with Crippen LogP contribution in [0.2, 0.25) is 0 Å². The Kier molecular flexibility index (Phi) is 5.98. The molecule has 1 saturated heterocycles. The predicted octanol–water partition coefficient (Wildman–Crippen LogP) is 1.98. The number of halogens is 5. The van der Waals surface area contributed by atoms with Gasteiger partial charge in [0.15, 0.2) is 11.5 Å². The average Bonchev–Trinajstić information content (AvgIpc) is 2.58. The van der Waals surface area contributed by atoms with Crippen molar-refractivity contribution in [3.05, 3.63) is 29.6 Å². The number of piperidine rings is 1. The summed E-state index contributed by atoms with van der Waals surface area (Å²) < 4.78 is 65.4. The summed E-state index contributed by atoms with van der Waals surface area (Å²) >= 11 is 0. The van der Waals surface area contributed by atoms with Gasteiger partial charge in [-0.15, -0.1) is 0 Å². The average molecular weight is 409 g/mol. The van der Waals surface area contributed by atoms with Crippen molar-refractivity contribution in [3.8, 4) is 0 Å². The van der Waals surface area contributed by atoms with Crippen molar-refractivity contribution in [3.63, 3.8) is 0 Å². The number of aromatic nitrogens is 1. The van der Waals surface area contributed by atoms with E-state index in [2.05, 4.69) is 4.98 Å². The Labute approximate surface area is 157 Å². The van der Waals surface area contributed by atoms with Gasteiger partial charge in [0.2, 0.25) is 5.60 Å². The SMILES string of the molecule is C[C@H]1CN(C(=O)[C@@](C)(O)C(F)(F)F)CC[C@H]1N(C)C(=O)c1ncc(F)cc1F. The third kappa shape index (κ3) is 4.08. The van der Waals surface area contributed by atoms with Gasteiger partial charge in [0, 0.05) is 32.2 Å². The number of hydrogen-bond donors (Lipinski definition) is 1. The number of nitrogens with zero attached hydrogens (tertiary/aromatic N) is 3. The van der Waals surface area contributed by atoms with Gasteiger partial charge in [-0.25, -0.2) is 13.8 Å². The highest BCUT2D eigenvalue weighted by atomic mass is 19.4. The summed E-state index contributed by atoms with van der Waals surface area (Å²) in [5.74, 6) is -4.80. The largest absolute Gasteiger partial charge is 0.426 e. The summed E-state index contributed by atoms with van der Waals surface area (Å²) in [6.07, 6.45) is -4.30. The molecule has 0 unspecified atom stereocenters. The van der Waals surface area contributed by atoms with Gasteiger partial charge >= 0.3 is 6.18 Å². The van der Waals surface area contributed by atoms with Crippen LogP contribution < -0.4 is 0 Å². The van der Waals surface area contributed by atoms with Gasteiger partial charge < -0.3 is 14.9 Å². The van der Waals surface area contributed by atoms with E-state index in [4.69, 9.17) is 0 Å². The Morgan fingerprint density at radius 2 is 1.93 bits per heavy atom. The van der Waals surface area contributed by atoms with Crippen molar-refractivity contribution >= 4 is 11.8 Å². The van der Waals surface area contributed by atoms with Crippen molar-refractivity contribution in [1.82, 2.24) is 14.8 Å². The molecule has 2 heterocycles. The zero-order valence-electron chi connectivity index (χ0n) is 15.4. The van der Waals surface area contributed by atoms with Crippen LogP contribution in [-0.2, 0) is 4.79 Å². The number of rotatable bonds is 3. The molecule has 0 aromatic carbocycles. The van der Waals surface area contributed by atoms with Gasteiger partial charge in [-0.1, -0.05) is 6.92 Å². The minimum Gasteiger partial charge on any atom is -0.373 e. The normalized spacial score (nSPS) is 22.5. The number of carbonyl (C=O) groups is 2. The van der Waals surface area contributed by atoms with Crippen LogP contribution in [0.1, 0.15) is 30.8 Å². The summed E-state index contributed by atoms with van der Waals surface area (Å²) in [6, 6.07) is 0.0106. The highest BCUT2D eigenvalue weighted by Gasteiger charge is 2.57. The molecule has 1 aliphatic rings. The summed E-state index contributed by atoms with van der Waals surface area (Å²) in [5, 5.41) is 9.56. The van der Waals surface area contributed by atoms with E-state index in [-0.39, 0.29) is 19.5 Å². The van der Waals surface area contributed by atoms with Gasteiger partial charge in [0.1, 0.15) is 5.82 Å². The van der Waals surface area contributed by atoms with E-state index < -0.39 is 52.9 Å². The first-order valence-corrected chi connectivity index (χ1v) is 8.44. The number of pyridine rings is 1. The fourth-order valence-electron chi connectivity index (χ4n) is 3.21. The Morgan fingerprint density at radius 3 is 2.43 bits per heavy atom. The van der Waals surface area contributed by atoms with E-state index in [1.54, 1.807) is 6.92 Å². The van der Waals surface area contributed by atoms with Crippen molar-refractivity contribution < 1.29 is 36.6 Å². The molecular weight excluding hydrogens is 389 g/mol. The van der Waals surface area contributed by atoms with Gasteiger partial charge in [-0.3, -0.25) is 9.59 Å². The van der Waals surface area contributed by atoms with E-state index in [0.29, 0.717) is 19.2 Å². The molecule has 0 bridgehead atoms. The maximum absolute atomic E-state index is 13.8. The second-order valence-corrected chi connectivity index (χ2v) is 7.05. The molecule has 1 aliphatic heterocycles. The van der Waals surface area contributed by atoms with E-state index in [9.17, 15) is 36.6 Å². The number of amides is 2. The van der Waals surface area contributed by atoms with E-state index in [1.807, 2.05) is 0 Å². The Morgan fingerprint density at radius 1 is 1.32 bits per heavy atom. The maximum atomic E-state index is 13.8. The molecule has 156 valence electrons. The van der Waals surface area contributed by atoms with Crippen molar-refractivity contribution in [2.75, 3.05) is 20.1 Å². The fourth-order valence-corrected chi connectivity index (χ4v) is 3.21. The lowest BCUT2D eigenvalue weighted by Crippen LogP contribution is -2.60. The van der Waals surface area contributed by atoms with Gasteiger partial charge in [-0.05, 0) is 19.3 Å². The zero-order valence-corrected chi connectivity index (χ0v) is 15.4. The van der Waals surface area contributed by atoms with Gasteiger partial charge in [0.05, 0.1) is 6.20 Å². The monoisotopic (exact) mass is 409 g/mol. The van der Waals surface area contributed by atoms with Crippen LogP contribution in [-0.4, -0.2) is 69.7 Å². The zero-order chi connectivity index (χ0) is 21.4. The van der Waals surface area contributed by atoms with Crippen LogP contribution in [0.4, 0.5) is 22.0 Å². The van der Waals surface area contributed by atoms with Crippen molar-refractivity contribution in [1.29, 1.82) is 0 Å². The van der Waals surface area contributed by atoms with Crippen LogP contribution in [0.25, 0.3) is 0 Å². The molecule has 3 atom stereocenters. The Balaban J connectivity index is 2.11. The van der Waals surface area contributed by atoms with Gasteiger partial charge in [-0.2, -0.15) is 13.2 Å². The van der Waals surface area contributed by atoms with Crippen molar-refractivity contribution in [2.24, 2.45) is 5.92 Å². The molecule has 0 aliphatic carbocycles. The molecule has 0 radical (unpaired) electrons. The van der Waals surface area contributed by atoms with Crippen LogP contribution in [0.5, 0.6) is 0 Å². The molecule has 28 heavy (non-hydrogen) atoms. The summed E-state index contributed by atoms with van der Waals surface area (Å²) in [6.45, 7) is 1.75. The smallest absolute Gasteiger partial charge is 0.373 e. The maximum Gasteiger partial charge on any atom is 0.426 e. The number of aliphatic hydroxyl groups is 1. The molecule has 1 N–H and O–H groups in total. The molecule has 2 amide bonds. The second kappa shape index (κ2) is 7.61. The quantitative estimate of drug-likeness (QED) is 0.775. The molecule has 0 spiro atoms. The topological polar surface area (TPSA) is 73.7 Å². The Hall–Kier alpha value is -2.30. The van der Waals surface area contributed by atoms with Crippen LogP contribution in [0, 0.1) is 17.6 Å². The summed E-state index contributed by atoms with van der Waals surface area (Å²) in [5.41, 5.74) is -4.09. The lowest BCUT2D eigenvalue weighted by atomic mass is 9.91. The van der Waals surface area contributed by atoms with Crippen LogP contribution in [0.15, 0.2) is 12.3 Å². The van der Waals surface area contributed by atoms with Gasteiger partial charge in [0.25, 0.3) is 11.8 Å². The summed E-state index contributed by atoms with van der Waals surface area (Å²) in [7, 11) is 1.37. The number of likely N-dealkylation sites (tertiary alicyclic amines) is 1. The third-order valence-electron chi connectivity index (χ3n) is 4.94. The lowest BCUT2D eigenvalue weighted by Gasteiger charge is -2.43. The molecule has 1 fully saturated rings. The predicted molar refractivity (Wildman–Crippen MR) is 87.1 cm³/mol. The molecule has 1 aromatic heterocycles. The van der Waals surface area contributed by atoms with E-state index in [1.165, 1.54) is 11.9 Å². The Bertz CT molecular complexity index is 769. The third-order valence-corrected chi connectivity index (χ3v) is 4.94. The van der Waals surface area contributed by atoms with E-state index >= 15 is 0 Å². The first kappa shape index (κ1) is 22.0. The number of alkyl halides is 3. The highest BCUT2D eigenvalue weighted by molar-refractivity contribution is 5.92. The molecule has 11 heteroatoms. The second-order valence-electron chi connectivity index (χ2n) is 7.05. The van der Waals surface area contributed by atoms with E-state index in [0.717, 1.165) is 4.90 Å². The standard InChI is InChI=1S/C17H20F5N3O3/c1-9-8-25(15(27)16(2,28)17(20,21)22)5-4-12(9)24(3)14(26)13-11(19)6-10(18)7-23-13/h6-7,9,12,28H,4-5,8H2,1-3H3/t9-,12+,16+/m0/s1. The molecule has 6 nitrogen and oxygen atoms in total. The molecule has 0 saturated carbocycles. The lowest BCUT2D eigenvalue weighted by molar-refractivity contribution is -0.251. The first-order valence-electron chi connectivity index (χ1n) is 8.44. The highest BCUT2D eigenvalue weighted by Crippen LogP contribution is 2.33. The first-order chi connectivity index (χ1) is 12.8. The summed E-state index contributed by atoms with van der Waals surface area (Å²) in [4.78, 5) is 30.1. The molecular formula is C17H20F5N3O3. The van der Waals surface area contributed by atoms with Crippen LogP contribution in [0.3, 0.4) is 0 Å². The minimum absolute atomic E-state index is 0.117. The fraction of sp³-hybridized carbons (Fsp3) is 0.588. The minimum atomic E-state index is -5.12. The van der Waals surface area contributed by atoms with Crippen molar-refractivity contribution in [2.45, 2.75) is 38.1 Å².